The highest BCUT2D eigenvalue weighted by molar-refractivity contribution is 8.14. The maximum absolute atomic E-state index is 11.2. The minimum absolute atomic E-state index is 0.689. The van der Waals surface area contributed by atoms with E-state index in [9.17, 15) is 8.42 Å². The monoisotopic (exact) mass is 231 g/mol. The molecule has 0 aromatic heterocycles. The molecule has 7 heteroatoms. The van der Waals surface area contributed by atoms with Crippen molar-refractivity contribution >= 4 is 27.5 Å². The molecule has 1 aliphatic rings. The third-order valence-corrected chi connectivity index (χ3v) is 4.76. The van der Waals surface area contributed by atoms with Crippen LogP contribution >= 0.6 is 11.8 Å². The summed E-state index contributed by atoms with van der Waals surface area (Å²) in [6, 6.07) is 7.14. The van der Waals surface area contributed by atoms with E-state index in [1.807, 2.05) is 6.07 Å². The molecule has 1 aromatic carbocycles. The lowest BCUT2D eigenvalue weighted by atomic mass is 10.3. The number of fused-ring (bicyclic) bond motifs is 1. The first kappa shape index (κ1) is 9.78. The molecule has 1 aliphatic heterocycles. The van der Waals surface area contributed by atoms with Crippen molar-refractivity contribution in [3.8, 4) is 0 Å². The van der Waals surface area contributed by atoms with Gasteiger partial charge in [-0.15, -0.1) is 0 Å². The Hall–Kier alpha value is -0.760. The highest BCUT2D eigenvalue weighted by Crippen LogP contribution is 2.43. The molecule has 14 heavy (non-hydrogen) atoms. The van der Waals surface area contributed by atoms with Gasteiger partial charge in [-0.05, 0) is 12.1 Å². The summed E-state index contributed by atoms with van der Waals surface area (Å²) >= 11 is 0.999. The zero-order valence-electron chi connectivity index (χ0n) is 7.10. The Balaban J connectivity index is 2.45. The summed E-state index contributed by atoms with van der Waals surface area (Å²) in [5.74, 6) is 0. The van der Waals surface area contributed by atoms with E-state index in [0.29, 0.717) is 5.69 Å². The van der Waals surface area contributed by atoms with Crippen LogP contribution in [0.5, 0.6) is 0 Å². The minimum Gasteiger partial charge on any atom is -0.344 e. The molecule has 76 valence electrons. The predicted octanol–water partition coefficient (Wildman–Crippen LogP) is 0.0627. The van der Waals surface area contributed by atoms with Crippen LogP contribution in [0.15, 0.2) is 29.2 Å². The van der Waals surface area contributed by atoms with Crippen LogP contribution in [0.2, 0.25) is 0 Å². The Morgan fingerprint density at radius 2 is 2.00 bits per heavy atom. The highest BCUT2D eigenvalue weighted by Gasteiger charge is 2.44. The Bertz CT molecular complexity index is 447. The van der Waals surface area contributed by atoms with Crippen LogP contribution in [0.3, 0.4) is 0 Å². The summed E-state index contributed by atoms with van der Waals surface area (Å²) < 4.78 is 20.7. The molecule has 1 aromatic rings. The number of hydrogen-bond acceptors (Lipinski definition) is 5. The number of para-hydroxylation sites is 1. The molecule has 0 bridgehead atoms. The van der Waals surface area contributed by atoms with Crippen LogP contribution in [0.4, 0.5) is 5.69 Å². The minimum atomic E-state index is -3.84. The molecule has 0 saturated carbocycles. The lowest BCUT2D eigenvalue weighted by Gasteiger charge is -2.20. The van der Waals surface area contributed by atoms with Gasteiger partial charge in [0.2, 0.25) is 0 Å². The normalized spacial score (nSPS) is 25.6. The van der Waals surface area contributed by atoms with Gasteiger partial charge in [-0.25, -0.2) is 13.6 Å². The number of nitrogens with one attached hydrogen (secondary N) is 1. The van der Waals surface area contributed by atoms with Gasteiger partial charge in [0.1, 0.15) is 0 Å². The zero-order valence-corrected chi connectivity index (χ0v) is 8.73. The molecule has 2 rings (SSSR count). The smallest absolute Gasteiger partial charge is 0.258 e. The Morgan fingerprint density at radius 1 is 1.36 bits per heavy atom. The molecule has 5 nitrogen and oxygen atoms in total. The van der Waals surface area contributed by atoms with Crippen molar-refractivity contribution in [2.24, 2.45) is 10.9 Å². The average molecular weight is 231 g/mol. The van der Waals surface area contributed by atoms with Gasteiger partial charge < -0.3 is 5.32 Å². The van der Waals surface area contributed by atoms with E-state index in [0.717, 1.165) is 16.7 Å². The second-order valence-electron chi connectivity index (χ2n) is 2.94. The molecule has 5 N–H and O–H groups in total. The first-order valence-electron chi connectivity index (χ1n) is 3.80. The third kappa shape index (κ3) is 1.38. The van der Waals surface area contributed by atoms with Gasteiger partial charge in [0, 0.05) is 4.90 Å². The van der Waals surface area contributed by atoms with Crippen molar-refractivity contribution in [3.05, 3.63) is 24.3 Å². The van der Waals surface area contributed by atoms with E-state index in [-0.39, 0.29) is 0 Å². The molecule has 0 fully saturated rings. The predicted molar refractivity (Wildman–Crippen MR) is 55.9 cm³/mol. The number of benzene rings is 1. The Morgan fingerprint density at radius 3 is 2.57 bits per heavy atom. The van der Waals surface area contributed by atoms with Crippen LogP contribution < -0.4 is 16.2 Å². The van der Waals surface area contributed by atoms with Crippen LogP contribution in [0.25, 0.3) is 0 Å². The number of anilines is 1. The van der Waals surface area contributed by atoms with Crippen LogP contribution in [-0.4, -0.2) is 12.7 Å². The summed E-state index contributed by atoms with van der Waals surface area (Å²) in [5.41, 5.74) is 6.31. The number of primary sulfonamides is 1. The van der Waals surface area contributed by atoms with E-state index >= 15 is 0 Å². The second kappa shape index (κ2) is 2.86. The van der Waals surface area contributed by atoms with Crippen molar-refractivity contribution in [2.45, 2.75) is 9.22 Å². The molecule has 0 amide bonds. The van der Waals surface area contributed by atoms with Crippen molar-refractivity contribution in [1.82, 2.24) is 0 Å². The standard InChI is InChI=1S/C7H9N3O2S2/c8-7(14(9,11)12)10-5-3-1-2-4-6(5)13-7/h1-4,10H,8H2,(H2,9,11,12). The van der Waals surface area contributed by atoms with Crippen LogP contribution in [0.1, 0.15) is 0 Å². The maximum atomic E-state index is 11.2. The Kier molecular flexibility index (Phi) is 2.00. The molecular formula is C7H9N3O2S2. The highest BCUT2D eigenvalue weighted by atomic mass is 32.3. The van der Waals surface area contributed by atoms with Gasteiger partial charge in [0.15, 0.2) is 0 Å². The van der Waals surface area contributed by atoms with E-state index in [4.69, 9.17) is 10.9 Å². The third-order valence-electron chi connectivity index (χ3n) is 1.88. The molecular weight excluding hydrogens is 222 g/mol. The fourth-order valence-electron chi connectivity index (χ4n) is 1.16. The largest absolute Gasteiger partial charge is 0.344 e. The molecule has 1 heterocycles. The first-order valence-corrected chi connectivity index (χ1v) is 6.16. The SMILES string of the molecule is NC1(S(N)(=O)=O)Nc2ccccc2S1. The number of rotatable bonds is 1. The first-order chi connectivity index (χ1) is 6.42. The number of sulfonamides is 1. The summed E-state index contributed by atoms with van der Waals surface area (Å²) in [7, 11) is -3.84. The fourth-order valence-corrected chi connectivity index (χ4v) is 3.01. The summed E-state index contributed by atoms with van der Waals surface area (Å²) in [4.78, 5) is 0.782. The van der Waals surface area contributed by atoms with Gasteiger partial charge in [-0.3, -0.25) is 5.73 Å². The molecule has 1 atom stereocenters. The van der Waals surface area contributed by atoms with Gasteiger partial charge in [0.05, 0.1) is 5.69 Å². The molecule has 1 unspecified atom stereocenters. The van der Waals surface area contributed by atoms with Crippen LogP contribution in [0, 0.1) is 0 Å². The van der Waals surface area contributed by atoms with E-state index in [2.05, 4.69) is 5.32 Å². The van der Waals surface area contributed by atoms with Crippen molar-refractivity contribution in [3.63, 3.8) is 0 Å². The maximum Gasteiger partial charge on any atom is 0.258 e. The summed E-state index contributed by atoms with van der Waals surface area (Å²) in [5, 5.41) is 7.70. The van der Waals surface area contributed by atoms with Gasteiger partial charge in [0.25, 0.3) is 14.4 Å². The molecule has 0 spiro atoms. The zero-order chi connectivity index (χ0) is 10.4. The van der Waals surface area contributed by atoms with Crippen LogP contribution in [-0.2, 0) is 10.0 Å². The number of thioether (sulfide) groups is 1. The lowest BCUT2D eigenvalue weighted by molar-refractivity contribution is 0.583. The number of nitrogens with two attached hydrogens (primary N) is 2. The Labute approximate surface area is 85.9 Å². The van der Waals surface area contributed by atoms with Gasteiger partial charge in [-0.2, -0.15) is 0 Å². The average Bonchev–Trinajstić information content (AvgIpc) is 2.40. The van der Waals surface area contributed by atoms with E-state index < -0.39 is 14.4 Å². The van der Waals surface area contributed by atoms with E-state index in [1.165, 1.54) is 0 Å². The quantitative estimate of drug-likeness (QED) is 0.635. The molecule has 0 saturated heterocycles. The second-order valence-corrected chi connectivity index (χ2v) is 6.22. The van der Waals surface area contributed by atoms with Crippen molar-refractivity contribution in [1.29, 1.82) is 0 Å². The topological polar surface area (TPSA) is 98.2 Å². The van der Waals surface area contributed by atoms with Gasteiger partial charge >= 0.3 is 0 Å². The van der Waals surface area contributed by atoms with Gasteiger partial charge in [-0.1, -0.05) is 23.9 Å². The summed E-state index contributed by atoms with van der Waals surface area (Å²) in [6.45, 7) is 0. The van der Waals surface area contributed by atoms with E-state index in [1.54, 1.807) is 18.2 Å². The molecule has 0 aliphatic carbocycles. The lowest BCUT2D eigenvalue weighted by Crippen LogP contribution is -2.52. The van der Waals surface area contributed by atoms with Crippen molar-refractivity contribution in [2.75, 3.05) is 5.32 Å². The fraction of sp³-hybridized carbons (Fsp3) is 0.143. The molecule has 0 radical (unpaired) electrons. The summed E-state index contributed by atoms with van der Waals surface area (Å²) in [6.07, 6.45) is 0. The van der Waals surface area contributed by atoms with Crippen molar-refractivity contribution < 1.29 is 8.42 Å². The number of hydrogen-bond donors (Lipinski definition) is 3.